The molecule has 1 saturated heterocycles. The van der Waals surface area contributed by atoms with Gasteiger partial charge in [0, 0.05) is 51.7 Å². The van der Waals surface area contributed by atoms with Crippen LogP contribution >= 0.6 is 11.3 Å². The van der Waals surface area contributed by atoms with Gasteiger partial charge in [0.25, 0.3) is 5.91 Å². The molecule has 0 unspecified atom stereocenters. The van der Waals surface area contributed by atoms with Crippen molar-refractivity contribution >= 4 is 28.1 Å². The summed E-state index contributed by atoms with van der Waals surface area (Å²) in [6, 6.07) is 2.99. The lowest BCUT2D eigenvalue weighted by Crippen LogP contribution is -2.30. The number of aryl methyl sites for hydroxylation is 1. The molecule has 0 radical (unpaired) electrons. The number of amides is 1. The molecule has 1 atom stereocenters. The van der Waals surface area contributed by atoms with Crippen LogP contribution in [0.5, 0.6) is 0 Å². The summed E-state index contributed by atoms with van der Waals surface area (Å²) in [5.74, 6) is -1.62. The molecular weight excluding hydrogens is 469 g/mol. The molecule has 1 aromatic carbocycles. The zero-order valence-electron chi connectivity index (χ0n) is 18.1. The Labute approximate surface area is 195 Å². The Bertz CT molecular complexity index is 1360. The topological polar surface area (TPSA) is 94.8 Å². The summed E-state index contributed by atoms with van der Waals surface area (Å²) in [6.07, 6.45) is 1.22. The van der Waals surface area contributed by atoms with E-state index in [2.05, 4.69) is 25.4 Å². The number of fused-ring (bicyclic) bond motifs is 1. The first-order valence-electron chi connectivity index (χ1n) is 10.4. The molecule has 1 fully saturated rings. The average Bonchev–Trinajstić information content (AvgIpc) is 3.37. The highest BCUT2D eigenvalue weighted by molar-refractivity contribution is 7.15. The van der Waals surface area contributed by atoms with E-state index in [1.54, 1.807) is 25.3 Å². The predicted octanol–water partition coefficient (Wildman–Crippen LogP) is 4.34. The van der Waals surface area contributed by atoms with Gasteiger partial charge in [-0.25, -0.2) is 15.0 Å². The number of thiazole rings is 1. The van der Waals surface area contributed by atoms with E-state index in [0.29, 0.717) is 29.9 Å². The number of alkyl halides is 3. The summed E-state index contributed by atoms with van der Waals surface area (Å²) in [6.45, 7) is 4.77. The molecule has 0 spiro atoms. The highest BCUT2D eigenvalue weighted by Gasteiger charge is 2.34. The number of hydrogen-bond acceptors (Lipinski definition) is 7. The largest absolute Gasteiger partial charge is 0.451 e. The van der Waals surface area contributed by atoms with Gasteiger partial charge in [-0.1, -0.05) is 0 Å². The lowest BCUT2D eigenvalue weighted by atomic mass is 10.0. The number of benzene rings is 1. The van der Waals surface area contributed by atoms with Crippen LogP contribution in [0.1, 0.15) is 45.6 Å². The Morgan fingerprint density at radius 3 is 2.53 bits per heavy atom. The second kappa shape index (κ2) is 8.44. The van der Waals surface area contributed by atoms with Gasteiger partial charge in [0.05, 0.1) is 30.8 Å². The Morgan fingerprint density at radius 2 is 1.94 bits per heavy atom. The molecule has 4 aromatic rings. The van der Waals surface area contributed by atoms with Crippen molar-refractivity contribution in [2.45, 2.75) is 32.1 Å². The first kappa shape index (κ1) is 22.4. The van der Waals surface area contributed by atoms with Crippen LogP contribution in [-0.2, 0) is 10.9 Å². The summed E-state index contributed by atoms with van der Waals surface area (Å²) in [5.41, 5.74) is 2.16. The molecule has 1 N–H and O–H groups in total. The first-order valence-corrected chi connectivity index (χ1v) is 11.2. The molecule has 8 nitrogen and oxygen atoms in total. The number of aromatic nitrogens is 5. The monoisotopic (exact) mass is 488 g/mol. The molecule has 0 saturated carbocycles. The van der Waals surface area contributed by atoms with Crippen molar-refractivity contribution in [2.75, 3.05) is 13.2 Å². The van der Waals surface area contributed by atoms with Gasteiger partial charge in [-0.2, -0.15) is 18.3 Å². The van der Waals surface area contributed by atoms with Gasteiger partial charge in [0.2, 0.25) is 5.82 Å². The van der Waals surface area contributed by atoms with E-state index in [1.807, 2.05) is 17.8 Å². The molecule has 12 heteroatoms. The minimum Gasteiger partial charge on any atom is -0.377 e. The standard InChI is InChI=1S/C22H19F3N6O2S/c1-11-5-26-20(34-11)16-3-13(4-18-17(16)8-31(30-18)15-9-33-10-15)19(32)29-12(2)14-6-27-21(28-7-14)22(23,24)25/h3-8,12,15H,9-10H2,1-2H3,(H,29,32)/t12-/m1/s1. The smallest absolute Gasteiger partial charge is 0.377 e. The first-order chi connectivity index (χ1) is 16.2. The summed E-state index contributed by atoms with van der Waals surface area (Å²) >= 11 is 1.51. The molecule has 5 rings (SSSR count). The lowest BCUT2D eigenvalue weighted by Gasteiger charge is -2.25. The van der Waals surface area contributed by atoms with Gasteiger partial charge in [-0.3, -0.25) is 9.48 Å². The molecule has 1 aliphatic heterocycles. The van der Waals surface area contributed by atoms with E-state index in [4.69, 9.17) is 4.74 Å². The molecular formula is C22H19F3N6O2S. The predicted molar refractivity (Wildman–Crippen MR) is 118 cm³/mol. The summed E-state index contributed by atoms with van der Waals surface area (Å²) in [4.78, 5) is 25.3. The third-order valence-electron chi connectivity index (χ3n) is 5.52. The molecule has 1 aliphatic rings. The molecule has 34 heavy (non-hydrogen) atoms. The quantitative estimate of drug-likeness (QED) is 0.449. The van der Waals surface area contributed by atoms with E-state index >= 15 is 0 Å². The van der Waals surface area contributed by atoms with Crippen LogP contribution in [0.25, 0.3) is 21.5 Å². The normalized spacial score (nSPS) is 15.3. The van der Waals surface area contributed by atoms with Crippen LogP contribution in [0.4, 0.5) is 13.2 Å². The van der Waals surface area contributed by atoms with Crippen LogP contribution in [0, 0.1) is 6.92 Å². The Kier molecular flexibility index (Phi) is 5.56. The van der Waals surface area contributed by atoms with Gasteiger partial charge in [-0.05, 0) is 26.0 Å². The van der Waals surface area contributed by atoms with E-state index in [9.17, 15) is 18.0 Å². The van der Waals surface area contributed by atoms with Crippen molar-refractivity contribution in [3.8, 4) is 10.6 Å². The fourth-order valence-electron chi connectivity index (χ4n) is 3.56. The maximum Gasteiger partial charge on any atom is 0.451 e. The van der Waals surface area contributed by atoms with Crippen LogP contribution in [0.2, 0.25) is 0 Å². The average molecular weight is 488 g/mol. The molecule has 0 aliphatic carbocycles. The number of ether oxygens (including phenoxy) is 1. The number of carbonyl (C=O) groups is 1. The lowest BCUT2D eigenvalue weighted by molar-refractivity contribution is -0.145. The number of rotatable bonds is 5. The van der Waals surface area contributed by atoms with Gasteiger partial charge in [-0.15, -0.1) is 11.3 Å². The van der Waals surface area contributed by atoms with Crippen molar-refractivity contribution in [3.63, 3.8) is 0 Å². The Morgan fingerprint density at radius 1 is 1.21 bits per heavy atom. The maximum atomic E-state index is 13.1. The summed E-state index contributed by atoms with van der Waals surface area (Å²) in [7, 11) is 0. The third-order valence-corrected chi connectivity index (χ3v) is 6.47. The highest BCUT2D eigenvalue weighted by Crippen LogP contribution is 2.34. The maximum absolute atomic E-state index is 13.1. The van der Waals surface area contributed by atoms with Crippen molar-refractivity contribution in [1.29, 1.82) is 0 Å². The SMILES string of the molecule is Cc1cnc(-c2cc(C(=O)N[C@H](C)c3cnc(C(F)(F)F)nc3)cc3nn(C4COC4)cc23)s1. The van der Waals surface area contributed by atoms with Crippen molar-refractivity contribution < 1.29 is 22.7 Å². The number of hydrogen-bond donors (Lipinski definition) is 1. The number of nitrogens with zero attached hydrogens (tertiary/aromatic N) is 5. The number of halogens is 3. The Balaban J connectivity index is 1.45. The molecule has 176 valence electrons. The van der Waals surface area contributed by atoms with Crippen LogP contribution in [0.15, 0.2) is 36.9 Å². The van der Waals surface area contributed by atoms with Crippen LogP contribution < -0.4 is 5.32 Å². The minimum absolute atomic E-state index is 0.148. The van der Waals surface area contributed by atoms with Crippen molar-refractivity contribution in [3.05, 3.63) is 58.7 Å². The third kappa shape index (κ3) is 4.26. The zero-order valence-corrected chi connectivity index (χ0v) is 18.9. The van der Waals surface area contributed by atoms with Gasteiger partial charge >= 0.3 is 6.18 Å². The molecule has 0 bridgehead atoms. The molecule has 4 heterocycles. The van der Waals surface area contributed by atoms with Crippen LogP contribution in [0.3, 0.4) is 0 Å². The van der Waals surface area contributed by atoms with Crippen molar-refractivity contribution in [2.24, 2.45) is 0 Å². The highest BCUT2D eigenvalue weighted by atomic mass is 32.1. The van der Waals surface area contributed by atoms with Gasteiger partial charge in [0.1, 0.15) is 5.01 Å². The molecule has 3 aromatic heterocycles. The van der Waals surface area contributed by atoms with Crippen LogP contribution in [-0.4, -0.2) is 43.9 Å². The van der Waals surface area contributed by atoms with E-state index in [1.165, 1.54) is 11.3 Å². The number of nitrogens with one attached hydrogen (secondary N) is 1. The molecule has 1 amide bonds. The zero-order chi connectivity index (χ0) is 24.0. The second-order valence-corrected chi connectivity index (χ2v) is 9.30. The fourth-order valence-corrected chi connectivity index (χ4v) is 4.36. The number of carbonyl (C=O) groups excluding carboxylic acids is 1. The second-order valence-electron chi connectivity index (χ2n) is 8.07. The van der Waals surface area contributed by atoms with E-state index in [-0.39, 0.29) is 6.04 Å². The Hall–Kier alpha value is -3.38. The van der Waals surface area contributed by atoms with Crippen molar-refractivity contribution in [1.82, 2.24) is 30.0 Å². The van der Waals surface area contributed by atoms with E-state index in [0.717, 1.165) is 33.2 Å². The van der Waals surface area contributed by atoms with Gasteiger partial charge in [0.15, 0.2) is 0 Å². The van der Waals surface area contributed by atoms with E-state index < -0.39 is 23.9 Å². The summed E-state index contributed by atoms with van der Waals surface area (Å²) < 4.78 is 45.3. The minimum atomic E-state index is -4.62. The fraction of sp³-hybridized carbons (Fsp3) is 0.318. The summed E-state index contributed by atoms with van der Waals surface area (Å²) in [5, 5.41) is 9.09. The van der Waals surface area contributed by atoms with Gasteiger partial charge < -0.3 is 10.1 Å².